The van der Waals surface area contributed by atoms with Crippen molar-refractivity contribution in [3.8, 4) is 0 Å². The van der Waals surface area contributed by atoms with Gasteiger partial charge in [0.15, 0.2) is 6.07 Å². The van der Waals surface area contributed by atoms with Crippen molar-refractivity contribution in [2.75, 3.05) is 0 Å². The summed E-state index contributed by atoms with van der Waals surface area (Å²) in [6.07, 6.45) is 0. The summed E-state index contributed by atoms with van der Waals surface area (Å²) in [6.45, 7) is 0. The number of H-pyrrole nitrogens is 1. The zero-order valence-corrected chi connectivity index (χ0v) is 4.97. The molecule has 1 rings (SSSR count). The summed E-state index contributed by atoms with van der Waals surface area (Å²) in [5.74, 6) is -1.30. The lowest BCUT2D eigenvalue weighted by atomic mass is 10.6. The maximum atomic E-state index is 9.92. The first-order valence-corrected chi connectivity index (χ1v) is 2.37. The number of nitrogens with zero attached hydrogens (tertiary/aromatic N) is 3. The first-order chi connectivity index (χ1) is 5.11. The van der Waals surface area contributed by atoms with E-state index in [9.17, 15) is 20.2 Å². The van der Waals surface area contributed by atoms with Crippen molar-refractivity contribution in [3.05, 3.63) is 26.3 Å². The van der Waals surface area contributed by atoms with Gasteiger partial charge in [0.1, 0.15) is 5.10 Å². The van der Waals surface area contributed by atoms with E-state index in [4.69, 9.17) is 0 Å². The van der Waals surface area contributed by atoms with Crippen LogP contribution in [0.2, 0.25) is 0 Å². The van der Waals surface area contributed by atoms with Crippen molar-refractivity contribution >= 4 is 11.6 Å². The fraction of sp³-hybridized carbons (Fsp3) is 0. The third-order valence-electron chi connectivity index (χ3n) is 0.853. The molecule has 0 unspecified atom stereocenters. The van der Waals surface area contributed by atoms with Gasteiger partial charge in [-0.3, -0.25) is 0 Å². The number of aromatic amines is 1. The standard InChI is InChI=1S/C3HN4O4/c8-6(9)2-1-3(5-4-2)7(10)11/h(H,4,5). The normalized spacial score (nSPS) is 9.45. The first kappa shape index (κ1) is 7.12. The Morgan fingerprint density at radius 1 is 1.36 bits per heavy atom. The highest BCUT2D eigenvalue weighted by atomic mass is 16.6. The number of aromatic nitrogens is 2. The summed E-state index contributed by atoms with van der Waals surface area (Å²) in [7, 11) is 0. The van der Waals surface area contributed by atoms with E-state index >= 15 is 0 Å². The fourth-order valence-corrected chi connectivity index (χ4v) is 0.441. The highest BCUT2D eigenvalue weighted by molar-refractivity contribution is 5.27. The zero-order valence-electron chi connectivity index (χ0n) is 4.97. The predicted octanol–water partition coefficient (Wildman–Crippen LogP) is 0.0263. The van der Waals surface area contributed by atoms with Crippen molar-refractivity contribution in [1.29, 1.82) is 0 Å². The Balaban J connectivity index is 2.99. The van der Waals surface area contributed by atoms with Crippen molar-refractivity contribution in [1.82, 2.24) is 10.2 Å². The lowest BCUT2D eigenvalue weighted by molar-refractivity contribution is -0.394. The highest BCUT2D eigenvalue weighted by Crippen LogP contribution is 2.12. The van der Waals surface area contributed by atoms with E-state index < -0.39 is 21.5 Å². The third-order valence-corrected chi connectivity index (χ3v) is 0.853. The number of nitrogens with one attached hydrogen (secondary N) is 1. The minimum atomic E-state index is -0.872. The van der Waals surface area contributed by atoms with Crippen LogP contribution in [0.15, 0.2) is 0 Å². The second kappa shape index (κ2) is 2.33. The van der Waals surface area contributed by atoms with Gasteiger partial charge in [-0.2, -0.15) is 0 Å². The molecule has 8 nitrogen and oxygen atoms in total. The van der Waals surface area contributed by atoms with Crippen LogP contribution in [0.1, 0.15) is 0 Å². The second-order valence-corrected chi connectivity index (χ2v) is 1.54. The van der Waals surface area contributed by atoms with Crippen molar-refractivity contribution < 1.29 is 9.85 Å². The van der Waals surface area contributed by atoms with Crippen LogP contribution in [0.5, 0.6) is 0 Å². The van der Waals surface area contributed by atoms with E-state index in [1.165, 1.54) is 0 Å². The Kier molecular flexibility index (Phi) is 1.51. The topological polar surface area (TPSA) is 115 Å². The van der Waals surface area contributed by atoms with Gasteiger partial charge in [0, 0.05) is 0 Å². The van der Waals surface area contributed by atoms with Crippen LogP contribution in [0, 0.1) is 26.3 Å². The van der Waals surface area contributed by atoms with Crippen molar-refractivity contribution in [2.45, 2.75) is 0 Å². The molecule has 1 heterocycles. The lowest BCUT2D eigenvalue weighted by Crippen LogP contribution is -1.86. The quantitative estimate of drug-likeness (QED) is 0.480. The van der Waals surface area contributed by atoms with Crippen LogP contribution >= 0.6 is 0 Å². The lowest BCUT2D eigenvalue weighted by Gasteiger charge is -1.82. The number of hydrogen-bond acceptors (Lipinski definition) is 5. The molecule has 0 fully saturated rings. The molecular weight excluding hydrogens is 156 g/mol. The van der Waals surface area contributed by atoms with Crippen LogP contribution < -0.4 is 0 Å². The molecule has 0 atom stereocenters. The Labute approximate surface area is 59.1 Å². The average Bonchev–Trinajstić information content (AvgIpc) is 2.33. The summed E-state index contributed by atoms with van der Waals surface area (Å²) in [6, 6.07) is 1.85. The second-order valence-electron chi connectivity index (χ2n) is 1.54. The van der Waals surface area contributed by atoms with Gasteiger partial charge >= 0.3 is 11.6 Å². The third kappa shape index (κ3) is 1.28. The van der Waals surface area contributed by atoms with Crippen LogP contribution in [0.3, 0.4) is 0 Å². The first-order valence-electron chi connectivity index (χ1n) is 2.37. The number of nitro groups is 2. The Morgan fingerprint density at radius 3 is 2.27 bits per heavy atom. The molecule has 0 aliphatic carbocycles. The van der Waals surface area contributed by atoms with E-state index in [1.54, 1.807) is 0 Å². The molecule has 0 saturated heterocycles. The van der Waals surface area contributed by atoms with Gasteiger partial charge in [-0.1, -0.05) is 0 Å². The summed E-state index contributed by atoms with van der Waals surface area (Å²) in [4.78, 5) is 18.1. The zero-order chi connectivity index (χ0) is 8.43. The van der Waals surface area contributed by atoms with E-state index in [0.29, 0.717) is 0 Å². The molecule has 1 aromatic heterocycles. The molecule has 11 heavy (non-hydrogen) atoms. The molecule has 0 bridgehead atoms. The molecule has 1 N–H and O–H groups in total. The van der Waals surface area contributed by atoms with Crippen LogP contribution in [0.4, 0.5) is 11.6 Å². The van der Waals surface area contributed by atoms with E-state index in [1.807, 2.05) is 11.2 Å². The van der Waals surface area contributed by atoms with Gasteiger partial charge in [0.2, 0.25) is 0 Å². The SMILES string of the molecule is O=[N+]([O-])c1[c]c([N+](=O)[O-])[nH]n1. The van der Waals surface area contributed by atoms with E-state index in [-0.39, 0.29) is 0 Å². The number of rotatable bonds is 2. The molecule has 0 amide bonds. The predicted molar refractivity (Wildman–Crippen MR) is 30.7 cm³/mol. The van der Waals surface area contributed by atoms with E-state index in [2.05, 4.69) is 5.10 Å². The minimum Gasteiger partial charge on any atom is -0.358 e. The van der Waals surface area contributed by atoms with Crippen molar-refractivity contribution in [2.24, 2.45) is 0 Å². The average molecular weight is 157 g/mol. The molecule has 8 heteroatoms. The summed E-state index contributed by atoms with van der Waals surface area (Å²) < 4.78 is 0. The monoisotopic (exact) mass is 157 g/mol. The van der Waals surface area contributed by atoms with E-state index in [0.717, 1.165) is 0 Å². The van der Waals surface area contributed by atoms with Gasteiger partial charge in [-0.25, -0.2) is 0 Å². The molecule has 0 saturated carbocycles. The Hall–Kier alpha value is -1.99. The molecule has 0 aliphatic heterocycles. The molecule has 0 aliphatic rings. The molecule has 0 spiro atoms. The molecule has 1 aromatic rings. The summed E-state index contributed by atoms with van der Waals surface area (Å²) in [5, 5.41) is 24.7. The largest absolute Gasteiger partial charge is 0.428 e. The Morgan fingerprint density at radius 2 is 2.00 bits per heavy atom. The maximum Gasteiger partial charge on any atom is 0.428 e. The van der Waals surface area contributed by atoms with Gasteiger partial charge in [0.05, 0.1) is 0 Å². The smallest absolute Gasteiger partial charge is 0.358 e. The van der Waals surface area contributed by atoms with Crippen LogP contribution in [-0.2, 0) is 0 Å². The molecular formula is C3HN4O4. The molecule has 57 valence electrons. The summed E-state index contributed by atoms with van der Waals surface area (Å²) >= 11 is 0. The number of hydrogen-bond donors (Lipinski definition) is 1. The van der Waals surface area contributed by atoms with Crippen LogP contribution in [-0.4, -0.2) is 20.0 Å². The van der Waals surface area contributed by atoms with Crippen molar-refractivity contribution in [3.63, 3.8) is 0 Å². The van der Waals surface area contributed by atoms with Gasteiger partial charge < -0.3 is 20.2 Å². The maximum absolute atomic E-state index is 9.92. The summed E-state index contributed by atoms with van der Waals surface area (Å²) in [5.41, 5.74) is 0. The Bertz CT molecular complexity index is 276. The molecule has 0 aromatic carbocycles. The van der Waals surface area contributed by atoms with Gasteiger partial charge in [-0.15, -0.1) is 0 Å². The van der Waals surface area contributed by atoms with Crippen LogP contribution in [0.25, 0.3) is 0 Å². The highest BCUT2D eigenvalue weighted by Gasteiger charge is 2.20. The minimum absolute atomic E-state index is 0.614. The molecule has 1 radical (unpaired) electrons. The van der Waals surface area contributed by atoms with Gasteiger partial charge in [0.25, 0.3) is 0 Å². The van der Waals surface area contributed by atoms with Gasteiger partial charge in [-0.05, 0) is 14.9 Å². The fourth-order valence-electron chi connectivity index (χ4n) is 0.441.